The molecular formula is C24H26FN5O4. The summed E-state index contributed by atoms with van der Waals surface area (Å²) in [7, 11) is 1.62. The number of carbonyl (C=O) groups excluding carboxylic acids is 1. The number of hydrogen-bond donors (Lipinski definition) is 0. The number of amides is 1. The van der Waals surface area contributed by atoms with Crippen molar-refractivity contribution in [3.05, 3.63) is 65.2 Å². The fourth-order valence-corrected chi connectivity index (χ4v) is 4.24. The zero-order valence-corrected chi connectivity index (χ0v) is 18.9. The Balaban J connectivity index is 1.45. The first-order valence-corrected chi connectivity index (χ1v) is 11.2. The molecule has 34 heavy (non-hydrogen) atoms. The summed E-state index contributed by atoms with van der Waals surface area (Å²) < 4.78 is 33.2. The number of hydrogen-bond acceptors (Lipinski definition) is 7. The average Bonchev–Trinajstić information content (AvgIpc) is 3.31. The summed E-state index contributed by atoms with van der Waals surface area (Å²) in [4.78, 5) is 17.2. The molecule has 10 heteroatoms. The van der Waals surface area contributed by atoms with Crippen molar-refractivity contribution in [2.45, 2.75) is 19.7 Å². The molecular weight excluding hydrogens is 441 g/mol. The van der Waals surface area contributed by atoms with E-state index in [1.165, 1.54) is 18.2 Å². The zero-order valence-electron chi connectivity index (χ0n) is 18.9. The molecule has 178 valence electrons. The van der Waals surface area contributed by atoms with Crippen LogP contribution in [0.2, 0.25) is 0 Å². The predicted molar refractivity (Wildman–Crippen MR) is 120 cm³/mol. The van der Waals surface area contributed by atoms with Crippen molar-refractivity contribution in [3.8, 4) is 17.2 Å². The molecule has 9 nitrogen and oxygen atoms in total. The summed E-state index contributed by atoms with van der Waals surface area (Å²) in [5, 5.41) is 8.31. The van der Waals surface area contributed by atoms with E-state index in [4.69, 9.17) is 14.2 Å². The molecule has 6 rings (SSSR count). The number of methoxy groups -OCH3 is 1. The Labute approximate surface area is 196 Å². The van der Waals surface area contributed by atoms with Crippen LogP contribution in [0.5, 0.6) is 17.2 Å². The van der Waals surface area contributed by atoms with Crippen LogP contribution < -0.4 is 14.2 Å². The van der Waals surface area contributed by atoms with Crippen molar-refractivity contribution >= 4 is 5.91 Å². The van der Waals surface area contributed by atoms with Crippen LogP contribution in [0.1, 0.15) is 21.6 Å². The molecule has 3 aliphatic rings. The molecule has 3 aliphatic heterocycles. The van der Waals surface area contributed by atoms with Gasteiger partial charge in [-0.1, -0.05) is 17.3 Å². The molecule has 0 unspecified atom stereocenters. The molecule has 3 aromatic rings. The first-order valence-electron chi connectivity index (χ1n) is 11.2. The molecule has 1 saturated heterocycles. The van der Waals surface area contributed by atoms with Crippen LogP contribution in [0.15, 0.2) is 42.6 Å². The highest BCUT2D eigenvalue weighted by molar-refractivity contribution is 5.97. The molecule has 0 aliphatic carbocycles. The molecule has 1 amide bonds. The lowest BCUT2D eigenvalue weighted by Crippen LogP contribution is -2.48. The molecule has 4 heterocycles. The molecule has 2 aromatic carbocycles. The van der Waals surface area contributed by atoms with Gasteiger partial charge in [-0.15, -0.1) is 5.10 Å². The SMILES string of the molecule is COc1cccc2c1OCc1cn(nn1)CCOc1ccc(F)cc1C(=O)N1CCN(CC1)C2. The number of fused-ring (bicyclic) bond motifs is 5. The van der Waals surface area contributed by atoms with Crippen LogP contribution in [-0.2, 0) is 19.7 Å². The normalized spacial score (nSPS) is 17.1. The molecule has 4 bridgehead atoms. The number of rotatable bonds is 1. The Hall–Kier alpha value is -3.66. The van der Waals surface area contributed by atoms with Gasteiger partial charge in [-0.25, -0.2) is 9.07 Å². The predicted octanol–water partition coefficient (Wildman–Crippen LogP) is 2.36. The first kappa shape index (κ1) is 22.1. The Bertz CT molecular complexity index is 1180. The molecule has 1 fully saturated rings. The van der Waals surface area contributed by atoms with Gasteiger partial charge in [0.2, 0.25) is 0 Å². The van der Waals surface area contributed by atoms with Gasteiger partial charge < -0.3 is 19.1 Å². The second-order valence-corrected chi connectivity index (χ2v) is 8.27. The van der Waals surface area contributed by atoms with Crippen LogP contribution in [0.4, 0.5) is 4.39 Å². The molecule has 1 aromatic heterocycles. The summed E-state index contributed by atoms with van der Waals surface area (Å²) in [6, 6.07) is 9.87. The topological polar surface area (TPSA) is 81.9 Å². The highest BCUT2D eigenvalue weighted by atomic mass is 19.1. The van der Waals surface area contributed by atoms with Crippen molar-refractivity contribution in [1.82, 2.24) is 24.8 Å². The van der Waals surface area contributed by atoms with Crippen LogP contribution in [0.3, 0.4) is 0 Å². The molecule has 0 atom stereocenters. The van der Waals surface area contributed by atoms with E-state index in [1.807, 2.05) is 18.2 Å². The number of para-hydroxylation sites is 1. The van der Waals surface area contributed by atoms with Gasteiger partial charge in [-0.3, -0.25) is 9.69 Å². The van der Waals surface area contributed by atoms with Crippen LogP contribution in [-0.4, -0.2) is 70.6 Å². The quantitative estimate of drug-likeness (QED) is 0.543. The van der Waals surface area contributed by atoms with Crippen LogP contribution >= 0.6 is 0 Å². The molecule has 0 spiro atoms. The minimum absolute atomic E-state index is 0.233. The second-order valence-electron chi connectivity index (χ2n) is 8.27. The standard InChI is InChI=1S/C24H26FN5O4/c1-32-22-4-2-3-17-14-28-7-9-29(10-8-28)24(31)20-13-18(25)5-6-21(20)33-12-11-30-15-19(26-27-30)16-34-23(17)22/h2-6,13,15H,7-12,14,16H2,1H3. The van der Waals surface area contributed by atoms with Gasteiger partial charge in [0, 0.05) is 38.3 Å². The van der Waals surface area contributed by atoms with Gasteiger partial charge in [0.25, 0.3) is 5.91 Å². The number of benzene rings is 2. The van der Waals surface area contributed by atoms with E-state index in [2.05, 4.69) is 15.2 Å². The lowest BCUT2D eigenvalue weighted by atomic mass is 10.1. The second kappa shape index (κ2) is 9.68. The van der Waals surface area contributed by atoms with Gasteiger partial charge in [0.1, 0.15) is 30.5 Å². The Morgan fingerprint density at radius 1 is 1.06 bits per heavy atom. The van der Waals surface area contributed by atoms with Crippen LogP contribution in [0.25, 0.3) is 0 Å². The van der Waals surface area contributed by atoms with Gasteiger partial charge in [-0.05, 0) is 24.3 Å². The number of nitrogens with zero attached hydrogens (tertiary/aromatic N) is 5. The van der Waals surface area contributed by atoms with E-state index in [1.54, 1.807) is 22.9 Å². The van der Waals surface area contributed by atoms with Crippen molar-refractivity contribution in [2.24, 2.45) is 0 Å². The van der Waals surface area contributed by atoms with E-state index in [0.29, 0.717) is 62.2 Å². The van der Waals surface area contributed by atoms with E-state index >= 15 is 0 Å². The highest BCUT2D eigenvalue weighted by Crippen LogP contribution is 2.33. The monoisotopic (exact) mass is 467 g/mol. The van der Waals surface area contributed by atoms with Gasteiger partial charge in [0.05, 0.1) is 25.4 Å². The van der Waals surface area contributed by atoms with Gasteiger partial charge >= 0.3 is 0 Å². The fourth-order valence-electron chi connectivity index (χ4n) is 4.24. The average molecular weight is 468 g/mol. The third-order valence-corrected chi connectivity index (χ3v) is 6.03. The Morgan fingerprint density at radius 3 is 2.74 bits per heavy atom. The minimum atomic E-state index is -0.469. The van der Waals surface area contributed by atoms with Crippen molar-refractivity contribution in [2.75, 3.05) is 39.9 Å². The summed E-state index contributed by atoms with van der Waals surface area (Å²) in [6.07, 6.45) is 1.79. The maximum atomic E-state index is 14.0. The largest absolute Gasteiger partial charge is 0.493 e. The number of carbonyl (C=O) groups is 1. The minimum Gasteiger partial charge on any atom is -0.493 e. The third-order valence-electron chi connectivity index (χ3n) is 6.03. The molecule has 0 radical (unpaired) electrons. The lowest BCUT2D eigenvalue weighted by Gasteiger charge is -2.35. The smallest absolute Gasteiger partial charge is 0.257 e. The van der Waals surface area contributed by atoms with Crippen LogP contribution in [0, 0.1) is 5.82 Å². The Kier molecular flexibility index (Phi) is 6.31. The maximum absolute atomic E-state index is 14.0. The molecule has 0 N–H and O–H groups in total. The summed E-state index contributed by atoms with van der Waals surface area (Å²) in [5.74, 6) is 0.985. The number of piperazine rings is 1. The molecule has 0 saturated carbocycles. The lowest BCUT2D eigenvalue weighted by molar-refractivity contribution is 0.0622. The Morgan fingerprint density at radius 2 is 1.91 bits per heavy atom. The van der Waals surface area contributed by atoms with E-state index < -0.39 is 5.82 Å². The van der Waals surface area contributed by atoms with Gasteiger partial charge in [0.15, 0.2) is 11.5 Å². The van der Waals surface area contributed by atoms with Crippen molar-refractivity contribution in [1.29, 1.82) is 0 Å². The zero-order chi connectivity index (χ0) is 23.5. The highest BCUT2D eigenvalue weighted by Gasteiger charge is 2.26. The summed E-state index contributed by atoms with van der Waals surface area (Å²) in [6.45, 7) is 4.00. The fraction of sp³-hybridized carbons (Fsp3) is 0.375. The number of ether oxygens (including phenoxy) is 3. The third kappa shape index (κ3) is 4.67. The van der Waals surface area contributed by atoms with Crippen molar-refractivity contribution in [3.63, 3.8) is 0 Å². The summed E-state index contributed by atoms with van der Waals surface area (Å²) >= 11 is 0. The number of aromatic nitrogens is 3. The van der Waals surface area contributed by atoms with E-state index in [-0.39, 0.29) is 24.7 Å². The van der Waals surface area contributed by atoms with E-state index in [9.17, 15) is 9.18 Å². The summed E-state index contributed by atoms with van der Waals surface area (Å²) in [5.41, 5.74) is 1.90. The van der Waals surface area contributed by atoms with E-state index in [0.717, 1.165) is 5.56 Å². The number of halogens is 1. The van der Waals surface area contributed by atoms with Crippen molar-refractivity contribution < 1.29 is 23.4 Å². The van der Waals surface area contributed by atoms with Gasteiger partial charge in [-0.2, -0.15) is 0 Å². The first-order chi connectivity index (χ1) is 16.6. The maximum Gasteiger partial charge on any atom is 0.257 e.